The molecule has 1 aromatic rings. The minimum atomic E-state index is 0.145. The molecule has 1 atom stereocenters. The van der Waals surface area contributed by atoms with Gasteiger partial charge >= 0.3 is 0 Å². The van der Waals surface area contributed by atoms with Gasteiger partial charge in [0.25, 0.3) is 0 Å². The summed E-state index contributed by atoms with van der Waals surface area (Å²) in [5, 5.41) is 8.87. The fourth-order valence-electron chi connectivity index (χ4n) is 2.66. The molecule has 1 saturated heterocycles. The molecule has 1 aromatic heterocycles. The maximum Gasteiger partial charge on any atom is 0.0860 e. The molecular weight excluding hydrogens is 260 g/mol. The lowest BCUT2D eigenvalue weighted by molar-refractivity contribution is 0.0601. The SMILES string of the molecule is CCn1nc(C)c(Cl)c1CN1CC(C)NCC1(C)C. The van der Waals surface area contributed by atoms with E-state index in [-0.39, 0.29) is 5.54 Å². The topological polar surface area (TPSA) is 33.1 Å². The predicted octanol–water partition coefficient (Wildman–Crippen LogP) is 2.44. The maximum absolute atomic E-state index is 6.42. The molecule has 0 saturated carbocycles. The molecule has 0 aromatic carbocycles. The quantitative estimate of drug-likeness (QED) is 0.925. The Labute approximate surface area is 121 Å². The van der Waals surface area contributed by atoms with E-state index in [0.717, 1.165) is 42.6 Å². The Morgan fingerprint density at radius 1 is 1.47 bits per heavy atom. The first-order valence-corrected chi connectivity index (χ1v) is 7.43. The van der Waals surface area contributed by atoms with Crippen molar-refractivity contribution in [2.75, 3.05) is 13.1 Å². The van der Waals surface area contributed by atoms with Crippen LogP contribution in [0.4, 0.5) is 0 Å². The van der Waals surface area contributed by atoms with Gasteiger partial charge in [-0.15, -0.1) is 0 Å². The molecule has 1 N–H and O–H groups in total. The van der Waals surface area contributed by atoms with Crippen molar-refractivity contribution in [2.24, 2.45) is 0 Å². The largest absolute Gasteiger partial charge is 0.311 e. The Morgan fingerprint density at radius 3 is 2.79 bits per heavy atom. The summed E-state index contributed by atoms with van der Waals surface area (Å²) in [6.07, 6.45) is 0. The second-order valence-corrected chi connectivity index (χ2v) is 6.51. The van der Waals surface area contributed by atoms with Crippen LogP contribution in [0.1, 0.15) is 39.1 Å². The Bertz CT molecular complexity index is 453. The van der Waals surface area contributed by atoms with Crippen molar-refractivity contribution in [1.82, 2.24) is 20.0 Å². The van der Waals surface area contributed by atoms with Gasteiger partial charge in [-0.3, -0.25) is 9.58 Å². The summed E-state index contributed by atoms with van der Waals surface area (Å²) in [4.78, 5) is 2.50. The minimum absolute atomic E-state index is 0.145. The van der Waals surface area contributed by atoms with E-state index in [9.17, 15) is 0 Å². The normalized spacial score (nSPS) is 23.8. The number of hydrogen-bond donors (Lipinski definition) is 1. The summed E-state index contributed by atoms with van der Waals surface area (Å²) in [5.41, 5.74) is 2.22. The second kappa shape index (κ2) is 5.43. The molecule has 0 amide bonds. The number of rotatable bonds is 3. The van der Waals surface area contributed by atoms with E-state index < -0.39 is 0 Å². The molecule has 1 fully saturated rings. The van der Waals surface area contributed by atoms with Crippen LogP contribution in [0.15, 0.2) is 0 Å². The van der Waals surface area contributed by atoms with E-state index in [1.165, 1.54) is 0 Å². The van der Waals surface area contributed by atoms with Crippen molar-refractivity contribution in [3.63, 3.8) is 0 Å². The fraction of sp³-hybridized carbons (Fsp3) is 0.786. The minimum Gasteiger partial charge on any atom is -0.311 e. The number of aromatic nitrogens is 2. The van der Waals surface area contributed by atoms with Gasteiger partial charge < -0.3 is 5.32 Å². The van der Waals surface area contributed by atoms with Crippen molar-refractivity contribution in [3.8, 4) is 0 Å². The summed E-state index contributed by atoms with van der Waals surface area (Å²) in [6.45, 7) is 14.6. The number of nitrogens with zero attached hydrogens (tertiary/aromatic N) is 3. The zero-order valence-corrected chi connectivity index (χ0v) is 13.4. The number of hydrogen-bond acceptors (Lipinski definition) is 3. The predicted molar refractivity (Wildman–Crippen MR) is 79.6 cm³/mol. The third-order valence-corrected chi connectivity index (χ3v) is 4.52. The Balaban J connectivity index is 2.24. The standard InChI is InChI=1S/C14H25ClN4/c1-6-19-12(13(15)11(3)17-19)8-18-7-10(2)16-9-14(18,4)5/h10,16H,6-9H2,1-5H3. The number of piperazine rings is 1. The Hall–Kier alpha value is -0.580. The van der Waals surface area contributed by atoms with Gasteiger partial charge in [0.05, 0.1) is 16.4 Å². The lowest BCUT2D eigenvalue weighted by atomic mass is 9.97. The molecule has 1 aliphatic heterocycles. The fourth-order valence-corrected chi connectivity index (χ4v) is 2.85. The van der Waals surface area contributed by atoms with E-state index in [0.29, 0.717) is 6.04 Å². The average molecular weight is 285 g/mol. The monoisotopic (exact) mass is 284 g/mol. The van der Waals surface area contributed by atoms with Gasteiger partial charge in [-0.25, -0.2) is 0 Å². The van der Waals surface area contributed by atoms with Crippen LogP contribution >= 0.6 is 11.6 Å². The molecule has 19 heavy (non-hydrogen) atoms. The second-order valence-electron chi connectivity index (χ2n) is 6.14. The van der Waals surface area contributed by atoms with Crippen molar-refractivity contribution in [3.05, 3.63) is 16.4 Å². The van der Waals surface area contributed by atoms with Crippen LogP contribution in [0.5, 0.6) is 0 Å². The first kappa shape index (κ1) is 14.8. The zero-order chi connectivity index (χ0) is 14.2. The van der Waals surface area contributed by atoms with Crippen molar-refractivity contribution >= 4 is 11.6 Å². The highest BCUT2D eigenvalue weighted by atomic mass is 35.5. The van der Waals surface area contributed by atoms with E-state index in [1.54, 1.807) is 0 Å². The molecule has 108 valence electrons. The first-order valence-electron chi connectivity index (χ1n) is 7.05. The molecule has 4 nitrogen and oxygen atoms in total. The third-order valence-electron chi connectivity index (χ3n) is 4.03. The Morgan fingerprint density at radius 2 is 2.16 bits per heavy atom. The van der Waals surface area contributed by atoms with E-state index >= 15 is 0 Å². The first-order chi connectivity index (χ1) is 8.85. The molecule has 0 spiro atoms. The van der Waals surface area contributed by atoms with Gasteiger partial charge in [-0.1, -0.05) is 11.6 Å². The van der Waals surface area contributed by atoms with Gasteiger partial charge in [0.15, 0.2) is 0 Å². The van der Waals surface area contributed by atoms with Crippen LogP contribution in [0.2, 0.25) is 5.02 Å². The van der Waals surface area contributed by atoms with Crippen LogP contribution < -0.4 is 5.32 Å². The van der Waals surface area contributed by atoms with Crippen molar-refractivity contribution in [2.45, 2.75) is 59.3 Å². The molecule has 0 radical (unpaired) electrons. The highest BCUT2D eigenvalue weighted by Crippen LogP contribution is 2.26. The van der Waals surface area contributed by atoms with E-state index in [2.05, 4.69) is 43.0 Å². The van der Waals surface area contributed by atoms with E-state index in [1.807, 2.05) is 11.6 Å². The van der Waals surface area contributed by atoms with Crippen molar-refractivity contribution in [1.29, 1.82) is 0 Å². The van der Waals surface area contributed by atoms with E-state index in [4.69, 9.17) is 11.6 Å². The van der Waals surface area contributed by atoms with Gasteiger partial charge in [0.2, 0.25) is 0 Å². The number of aryl methyl sites for hydroxylation is 2. The molecular formula is C14H25ClN4. The molecule has 0 aliphatic carbocycles. The number of halogens is 1. The highest BCUT2D eigenvalue weighted by molar-refractivity contribution is 6.31. The van der Waals surface area contributed by atoms with Crippen LogP contribution in [0.3, 0.4) is 0 Å². The average Bonchev–Trinajstić information content (AvgIpc) is 2.62. The molecule has 2 heterocycles. The van der Waals surface area contributed by atoms with Gasteiger partial charge in [-0.05, 0) is 34.6 Å². The maximum atomic E-state index is 6.42. The van der Waals surface area contributed by atoms with Crippen LogP contribution in [0.25, 0.3) is 0 Å². The lowest BCUT2D eigenvalue weighted by Gasteiger charge is -2.45. The third kappa shape index (κ3) is 2.96. The summed E-state index contributed by atoms with van der Waals surface area (Å²) < 4.78 is 2.03. The summed E-state index contributed by atoms with van der Waals surface area (Å²) in [5.74, 6) is 0. The van der Waals surface area contributed by atoms with Crippen LogP contribution in [-0.4, -0.2) is 39.4 Å². The van der Waals surface area contributed by atoms with Crippen LogP contribution in [0, 0.1) is 6.92 Å². The highest BCUT2D eigenvalue weighted by Gasteiger charge is 2.33. The lowest BCUT2D eigenvalue weighted by Crippen LogP contribution is -2.60. The van der Waals surface area contributed by atoms with Gasteiger partial charge in [-0.2, -0.15) is 5.10 Å². The van der Waals surface area contributed by atoms with Crippen molar-refractivity contribution < 1.29 is 0 Å². The number of nitrogens with one attached hydrogen (secondary N) is 1. The molecule has 2 rings (SSSR count). The van der Waals surface area contributed by atoms with Gasteiger partial charge in [0.1, 0.15) is 0 Å². The van der Waals surface area contributed by atoms with Crippen LogP contribution in [-0.2, 0) is 13.1 Å². The molecule has 1 unspecified atom stereocenters. The summed E-state index contributed by atoms with van der Waals surface area (Å²) >= 11 is 6.42. The Kier molecular flexibility index (Phi) is 4.23. The zero-order valence-electron chi connectivity index (χ0n) is 12.6. The smallest absolute Gasteiger partial charge is 0.0860 e. The van der Waals surface area contributed by atoms with Gasteiger partial charge in [0, 0.05) is 37.8 Å². The summed E-state index contributed by atoms with van der Waals surface area (Å²) in [7, 11) is 0. The molecule has 0 bridgehead atoms. The molecule has 5 heteroatoms. The molecule has 1 aliphatic rings. The summed E-state index contributed by atoms with van der Waals surface area (Å²) in [6, 6.07) is 0.519.